The van der Waals surface area contributed by atoms with Crippen molar-refractivity contribution in [2.24, 2.45) is 11.8 Å². The molecule has 21 heavy (non-hydrogen) atoms. The number of nitrogens with zero attached hydrogens (tertiary/aromatic N) is 3. The molecule has 1 aliphatic heterocycles. The van der Waals surface area contributed by atoms with E-state index in [9.17, 15) is 5.11 Å². The molecule has 1 aromatic heterocycles. The summed E-state index contributed by atoms with van der Waals surface area (Å²) in [4.78, 5) is 11.5. The molecular weight excluding hydrogens is 264 g/mol. The first-order chi connectivity index (χ1) is 10.1. The van der Waals surface area contributed by atoms with Crippen LogP contribution in [-0.4, -0.2) is 40.8 Å². The van der Waals surface area contributed by atoms with E-state index in [2.05, 4.69) is 34.0 Å². The Labute approximate surface area is 126 Å². The van der Waals surface area contributed by atoms with Crippen LogP contribution in [0.25, 0.3) is 0 Å². The van der Waals surface area contributed by atoms with Gasteiger partial charge in [0.15, 0.2) is 0 Å². The third-order valence-electron chi connectivity index (χ3n) is 4.89. The first-order valence-corrected chi connectivity index (χ1v) is 8.12. The highest BCUT2D eigenvalue weighted by molar-refractivity contribution is 5.59. The van der Waals surface area contributed by atoms with Crippen molar-refractivity contribution < 1.29 is 5.11 Å². The Bertz CT molecular complexity index is 519. The second-order valence-electron chi connectivity index (χ2n) is 6.47. The molecular formula is C16H26N4O. The number of aliphatic hydroxyl groups is 1. The number of fused-ring (bicyclic) bond motifs is 1. The third-order valence-corrected chi connectivity index (χ3v) is 4.89. The fourth-order valence-corrected chi connectivity index (χ4v) is 3.75. The van der Waals surface area contributed by atoms with Crippen molar-refractivity contribution in [3.05, 3.63) is 11.4 Å². The van der Waals surface area contributed by atoms with Crippen molar-refractivity contribution in [2.45, 2.75) is 46.1 Å². The monoisotopic (exact) mass is 290 g/mol. The number of nitrogens with one attached hydrogen (secondary N) is 1. The lowest BCUT2D eigenvalue weighted by Crippen LogP contribution is -2.26. The van der Waals surface area contributed by atoms with Crippen LogP contribution in [0.1, 0.15) is 37.6 Å². The molecule has 0 amide bonds. The molecule has 0 bridgehead atoms. The smallest absolute Gasteiger partial charge is 0.137 e. The van der Waals surface area contributed by atoms with Crippen molar-refractivity contribution >= 4 is 11.6 Å². The maximum Gasteiger partial charge on any atom is 0.137 e. The molecule has 1 aromatic rings. The van der Waals surface area contributed by atoms with E-state index in [0.717, 1.165) is 61.9 Å². The molecule has 3 unspecified atom stereocenters. The van der Waals surface area contributed by atoms with E-state index < -0.39 is 0 Å². The number of rotatable bonds is 4. The number of aliphatic hydroxyl groups excluding tert-OH is 1. The molecule has 5 nitrogen and oxygen atoms in total. The molecule has 1 saturated heterocycles. The highest BCUT2D eigenvalue weighted by Crippen LogP contribution is 2.40. The first-order valence-electron chi connectivity index (χ1n) is 8.12. The molecule has 1 saturated carbocycles. The lowest BCUT2D eigenvalue weighted by atomic mass is 10.00. The van der Waals surface area contributed by atoms with E-state index in [1.54, 1.807) is 0 Å². The van der Waals surface area contributed by atoms with E-state index in [-0.39, 0.29) is 6.10 Å². The van der Waals surface area contributed by atoms with Crippen LogP contribution in [0.15, 0.2) is 0 Å². The standard InChI is InChI=1S/C16H26N4O/c1-4-7-17-15-10(2)16(19-11(3)18-15)20-8-12-5-6-14(21)13(12)9-20/h12-14,21H,4-9H2,1-3H3,(H,17,18,19). The molecule has 1 aliphatic carbocycles. The zero-order valence-corrected chi connectivity index (χ0v) is 13.3. The molecule has 116 valence electrons. The van der Waals surface area contributed by atoms with E-state index >= 15 is 0 Å². The van der Waals surface area contributed by atoms with Gasteiger partial charge < -0.3 is 15.3 Å². The second kappa shape index (κ2) is 5.79. The fourth-order valence-electron chi connectivity index (χ4n) is 3.75. The van der Waals surface area contributed by atoms with Crippen molar-refractivity contribution in [2.75, 3.05) is 29.9 Å². The van der Waals surface area contributed by atoms with Gasteiger partial charge in [-0.15, -0.1) is 0 Å². The maximum absolute atomic E-state index is 10.1. The lowest BCUT2D eigenvalue weighted by Gasteiger charge is -2.23. The average Bonchev–Trinajstić information content (AvgIpc) is 3.02. The Balaban J connectivity index is 1.84. The number of hydrogen-bond acceptors (Lipinski definition) is 5. The van der Waals surface area contributed by atoms with E-state index in [1.165, 1.54) is 0 Å². The van der Waals surface area contributed by atoms with Gasteiger partial charge in [0.1, 0.15) is 17.5 Å². The van der Waals surface area contributed by atoms with Gasteiger partial charge in [-0.05, 0) is 39.0 Å². The predicted molar refractivity (Wildman–Crippen MR) is 84.7 cm³/mol. The van der Waals surface area contributed by atoms with Crippen molar-refractivity contribution in [1.82, 2.24) is 9.97 Å². The fraction of sp³-hybridized carbons (Fsp3) is 0.750. The minimum atomic E-state index is -0.124. The van der Waals surface area contributed by atoms with Gasteiger partial charge in [0.2, 0.25) is 0 Å². The van der Waals surface area contributed by atoms with Gasteiger partial charge in [-0.1, -0.05) is 6.92 Å². The van der Waals surface area contributed by atoms with Crippen LogP contribution in [0.5, 0.6) is 0 Å². The van der Waals surface area contributed by atoms with Crippen molar-refractivity contribution in [3.8, 4) is 0 Å². The molecule has 0 spiro atoms. The summed E-state index contributed by atoms with van der Waals surface area (Å²) in [6, 6.07) is 0. The second-order valence-corrected chi connectivity index (χ2v) is 6.47. The van der Waals surface area contributed by atoms with E-state index in [0.29, 0.717) is 11.8 Å². The minimum absolute atomic E-state index is 0.124. The van der Waals surface area contributed by atoms with Crippen LogP contribution in [0.4, 0.5) is 11.6 Å². The Kier molecular flexibility index (Phi) is 4.02. The number of hydrogen-bond donors (Lipinski definition) is 2. The number of aromatic nitrogens is 2. The SMILES string of the molecule is CCCNc1nc(C)nc(N2CC3CCC(O)C3C2)c1C. The largest absolute Gasteiger partial charge is 0.393 e. The Morgan fingerprint density at radius 2 is 2.05 bits per heavy atom. The van der Waals surface area contributed by atoms with Crippen molar-refractivity contribution in [3.63, 3.8) is 0 Å². The molecule has 2 N–H and O–H groups in total. The quantitative estimate of drug-likeness (QED) is 0.889. The van der Waals surface area contributed by atoms with Crippen molar-refractivity contribution in [1.29, 1.82) is 0 Å². The zero-order valence-electron chi connectivity index (χ0n) is 13.3. The molecule has 2 aliphatic rings. The molecule has 2 heterocycles. The maximum atomic E-state index is 10.1. The normalized spacial score (nSPS) is 28.0. The predicted octanol–water partition coefficient (Wildman–Crippen LogP) is 2.12. The Hall–Kier alpha value is -1.36. The van der Waals surface area contributed by atoms with Gasteiger partial charge in [-0.25, -0.2) is 9.97 Å². The minimum Gasteiger partial charge on any atom is -0.393 e. The van der Waals surface area contributed by atoms with E-state index in [1.807, 2.05) is 6.92 Å². The topological polar surface area (TPSA) is 61.3 Å². The molecule has 0 radical (unpaired) electrons. The summed E-state index contributed by atoms with van der Waals surface area (Å²) < 4.78 is 0. The van der Waals surface area contributed by atoms with E-state index in [4.69, 9.17) is 0 Å². The summed E-state index contributed by atoms with van der Waals surface area (Å²) in [7, 11) is 0. The Morgan fingerprint density at radius 3 is 2.76 bits per heavy atom. The van der Waals surface area contributed by atoms with Crippen LogP contribution >= 0.6 is 0 Å². The number of aryl methyl sites for hydroxylation is 1. The highest BCUT2D eigenvalue weighted by atomic mass is 16.3. The lowest BCUT2D eigenvalue weighted by molar-refractivity contribution is 0.133. The van der Waals surface area contributed by atoms with Crippen LogP contribution in [0, 0.1) is 25.7 Å². The summed E-state index contributed by atoms with van der Waals surface area (Å²) in [5.41, 5.74) is 1.13. The van der Waals surface area contributed by atoms with Gasteiger partial charge in [0.25, 0.3) is 0 Å². The summed E-state index contributed by atoms with van der Waals surface area (Å²) in [6.45, 7) is 9.08. The van der Waals surface area contributed by atoms with Gasteiger partial charge in [-0.3, -0.25) is 0 Å². The summed E-state index contributed by atoms with van der Waals surface area (Å²) >= 11 is 0. The molecule has 3 atom stereocenters. The van der Waals surface area contributed by atoms with Gasteiger partial charge in [-0.2, -0.15) is 0 Å². The summed E-state index contributed by atoms with van der Waals surface area (Å²) in [5, 5.41) is 13.5. The van der Waals surface area contributed by atoms with Crippen LogP contribution in [-0.2, 0) is 0 Å². The third kappa shape index (κ3) is 2.71. The van der Waals surface area contributed by atoms with Gasteiger partial charge in [0.05, 0.1) is 6.10 Å². The van der Waals surface area contributed by atoms with Gasteiger partial charge >= 0.3 is 0 Å². The Morgan fingerprint density at radius 1 is 1.24 bits per heavy atom. The number of anilines is 2. The first kappa shape index (κ1) is 14.6. The highest BCUT2D eigenvalue weighted by Gasteiger charge is 2.42. The zero-order chi connectivity index (χ0) is 15.0. The van der Waals surface area contributed by atoms with Crippen LogP contribution < -0.4 is 10.2 Å². The van der Waals surface area contributed by atoms with Crippen LogP contribution in [0.3, 0.4) is 0 Å². The molecule has 2 fully saturated rings. The summed E-state index contributed by atoms with van der Waals surface area (Å²) in [6.07, 6.45) is 3.07. The molecule has 0 aromatic carbocycles. The molecule has 5 heteroatoms. The average molecular weight is 290 g/mol. The van der Waals surface area contributed by atoms with Crippen LogP contribution in [0.2, 0.25) is 0 Å². The molecule has 3 rings (SSSR count). The van der Waals surface area contributed by atoms with Gasteiger partial charge in [0, 0.05) is 31.1 Å². The summed E-state index contributed by atoms with van der Waals surface area (Å²) in [5.74, 6) is 3.86.